The Morgan fingerprint density at radius 2 is 1.58 bits per heavy atom. The Balaban J connectivity index is 2.93. The number of rotatable bonds is 8. The van der Waals surface area contributed by atoms with E-state index in [1.54, 1.807) is 0 Å². The molecule has 0 aliphatic rings. The van der Waals surface area contributed by atoms with Gasteiger partial charge in [0.05, 0.1) is 0 Å². The molecule has 0 saturated carbocycles. The fraction of sp³-hybridized carbons (Fsp3) is 0.750. The maximum atomic E-state index is 2.34. The van der Waals surface area contributed by atoms with Crippen molar-refractivity contribution in [3.8, 4) is 0 Å². The maximum Gasteiger partial charge on any atom is -0.0348 e. The van der Waals surface area contributed by atoms with Crippen LogP contribution in [0.25, 0.3) is 0 Å². The Bertz CT molecular complexity index is 80.2. The van der Waals surface area contributed by atoms with Gasteiger partial charge in [0.25, 0.3) is 0 Å². The van der Waals surface area contributed by atoms with Gasteiger partial charge >= 0.3 is 0 Å². The summed E-state index contributed by atoms with van der Waals surface area (Å²) < 4.78 is 0. The standard InChI is InChI=1S/C12H23/c1-3-5-7-9-11-12-10-8-6-4-2/h5,11-12H,3-4,6-10H2,1-2H3/b12-11+. The molecule has 0 spiro atoms. The minimum atomic E-state index is 1.21. The molecular formula is C12H23. The number of hydrogen-bond acceptors (Lipinski definition) is 0. The van der Waals surface area contributed by atoms with Crippen molar-refractivity contribution in [2.45, 2.75) is 58.8 Å². The van der Waals surface area contributed by atoms with Crippen LogP contribution < -0.4 is 0 Å². The van der Waals surface area contributed by atoms with Gasteiger partial charge in [-0.05, 0) is 32.1 Å². The Kier molecular flexibility index (Phi) is 10.5. The van der Waals surface area contributed by atoms with E-state index in [-0.39, 0.29) is 0 Å². The third-order valence-electron chi connectivity index (χ3n) is 1.97. The van der Waals surface area contributed by atoms with Crippen LogP contribution in [0, 0.1) is 6.42 Å². The zero-order valence-electron chi connectivity index (χ0n) is 8.68. The second-order valence-electron chi connectivity index (χ2n) is 3.24. The molecule has 0 aliphatic carbocycles. The van der Waals surface area contributed by atoms with Gasteiger partial charge in [-0.2, -0.15) is 0 Å². The molecule has 0 saturated heterocycles. The number of unbranched alkanes of at least 4 members (excludes halogenated alkanes) is 6. The summed E-state index contributed by atoms with van der Waals surface area (Å²) in [7, 11) is 0. The minimum Gasteiger partial charge on any atom is -0.0885 e. The lowest BCUT2D eigenvalue weighted by atomic mass is 10.1. The summed E-state index contributed by atoms with van der Waals surface area (Å²) in [6.07, 6.45) is 16.1. The summed E-state index contributed by atoms with van der Waals surface area (Å²) in [5.74, 6) is 0. The molecule has 0 N–H and O–H groups in total. The van der Waals surface area contributed by atoms with Gasteiger partial charge in [-0.15, -0.1) is 0 Å². The molecule has 0 heterocycles. The van der Waals surface area contributed by atoms with Crippen molar-refractivity contribution in [2.24, 2.45) is 0 Å². The monoisotopic (exact) mass is 167 g/mol. The second-order valence-corrected chi connectivity index (χ2v) is 3.24. The molecule has 0 aliphatic heterocycles. The quantitative estimate of drug-likeness (QED) is 0.368. The zero-order valence-corrected chi connectivity index (χ0v) is 8.68. The van der Waals surface area contributed by atoms with E-state index in [2.05, 4.69) is 32.4 Å². The fourth-order valence-electron chi connectivity index (χ4n) is 1.17. The SMILES string of the molecule is CC[CH]CC/C=C/CCCCC. The molecule has 0 nitrogen and oxygen atoms in total. The first-order valence-corrected chi connectivity index (χ1v) is 5.38. The third-order valence-corrected chi connectivity index (χ3v) is 1.97. The largest absolute Gasteiger partial charge is 0.0885 e. The Hall–Kier alpha value is -0.260. The Morgan fingerprint density at radius 1 is 0.833 bits per heavy atom. The molecule has 0 bridgehead atoms. The molecule has 0 aromatic heterocycles. The van der Waals surface area contributed by atoms with Gasteiger partial charge in [0.2, 0.25) is 0 Å². The molecule has 0 aromatic rings. The van der Waals surface area contributed by atoms with Crippen molar-refractivity contribution in [3.05, 3.63) is 18.6 Å². The van der Waals surface area contributed by atoms with Crippen LogP contribution in [-0.2, 0) is 0 Å². The summed E-state index contributed by atoms with van der Waals surface area (Å²) in [4.78, 5) is 0. The first-order valence-electron chi connectivity index (χ1n) is 5.38. The van der Waals surface area contributed by atoms with Crippen molar-refractivity contribution in [3.63, 3.8) is 0 Å². The van der Waals surface area contributed by atoms with Crippen molar-refractivity contribution in [1.82, 2.24) is 0 Å². The molecule has 0 amide bonds. The van der Waals surface area contributed by atoms with Crippen molar-refractivity contribution in [1.29, 1.82) is 0 Å². The smallest absolute Gasteiger partial charge is 0.0348 e. The maximum absolute atomic E-state index is 2.34. The van der Waals surface area contributed by atoms with Crippen LogP contribution in [0.5, 0.6) is 0 Å². The Labute approximate surface area is 78.1 Å². The second kappa shape index (κ2) is 10.7. The number of allylic oxidation sites excluding steroid dienone is 2. The van der Waals surface area contributed by atoms with E-state index in [1.165, 1.54) is 44.9 Å². The van der Waals surface area contributed by atoms with Crippen LogP contribution in [0.4, 0.5) is 0 Å². The Morgan fingerprint density at radius 3 is 2.25 bits per heavy atom. The minimum absolute atomic E-state index is 1.21. The highest BCUT2D eigenvalue weighted by atomic mass is 13.9. The summed E-state index contributed by atoms with van der Waals surface area (Å²) in [5.41, 5.74) is 0. The van der Waals surface area contributed by atoms with E-state index in [1.807, 2.05) is 0 Å². The van der Waals surface area contributed by atoms with Crippen LogP contribution in [-0.4, -0.2) is 0 Å². The van der Waals surface area contributed by atoms with Crippen molar-refractivity contribution < 1.29 is 0 Å². The lowest BCUT2D eigenvalue weighted by Gasteiger charge is -1.93. The predicted molar refractivity (Wildman–Crippen MR) is 57.1 cm³/mol. The molecule has 12 heavy (non-hydrogen) atoms. The molecule has 0 heteroatoms. The fourth-order valence-corrected chi connectivity index (χ4v) is 1.17. The van der Waals surface area contributed by atoms with Crippen LogP contribution >= 0.6 is 0 Å². The summed E-state index contributed by atoms with van der Waals surface area (Å²) in [5, 5.41) is 0. The number of hydrogen-bond donors (Lipinski definition) is 0. The zero-order chi connectivity index (χ0) is 9.07. The lowest BCUT2D eigenvalue weighted by molar-refractivity contribution is 0.727. The van der Waals surface area contributed by atoms with E-state index in [9.17, 15) is 0 Å². The van der Waals surface area contributed by atoms with E-state index in [0.29, 0.717) is 0 Å². The topological polar surface area (TPSA) is 0 Å². The summed E-state index contributed by atoms with van der Waals surface area (Å²) in [6, 6.07) is 0. The van der Waals surface area contributed by atoms with Crippen molar-refractivity contribution >= 4 is 0 Å². The molecule has 0 unspecified atom stereocenters. The van der Waals surface area contributed by atoms with Gasteiger partial charge in [-0.1, -0.05) is 45.3 Å². The summed E-state index contributed by atoms with van der Waals surface area (Å²) >= 11 is 0. The van der Waals surface area contributed by atoms with E-state index >= 15 is 0 Å². The lowest BCUT2D eigenvalue weighted by Crippen LogP contribution is -1.73. The van der Waals surface area contributed by atoms with Gasteiger partial charge < -0.3 is 0 Å². The van der Waals surface area contributed by atoms with Crippen LogP contribution in [0.3, 0.4) is 0 Å². The molecule has 0 aromatic carbocycles. The summed E-state index contributed by atoms with van der Waals surface area (Å²) in [6.45, 7) is 4.45. The first-order chi connectivity index (χ1) is 5.91. The molecular weight excluding hydrogens is 144 g/mol. The third kappa shape index (κ3) is 9.74. The van der Waals surface area contributed by atoms with Crippen LogP contribution in [0.15, 0.2) is 12.2 Å². The van der Waals surface area contributed by atoms with Gasteiger partial charge in [0, 0.05) is 0 Å². The highest BCUT2D eigenvalue weighted by molar-refractivity contribution is 4.83. The van der Waals surface area contributed by atoms with Gasteiger partial charge in [0.1, 0.15) is 0 Å². The van der Waals surface area contributed by atoms with Crippen molar-refractivity contribution in [2.75, 3.05) is 0 Å². The highest BCUT2D eigenvalue weighted by Crippen LogP contribution is 2.02. The molecule has 0 fully saturated rings. The van der Waals surface area contributed by atoms with E-state index in [4.69, 9.17) is 0 Å². The molecule has 71 valence electrons. The first kappa shape index (κ1) is 11.7. The van der Waals surface area contributed by atoms with Crippen LogP contribution in [0.2, 0.25) is 0 Å². The normalized spacial score (nSPS) is 11.2. The average molecular weight is 167 g/mol. The average Bonchev–Trinajstić information content (AvgIpc) is 2.10. The molecule has 0 rings (SSSR count). The van der Waals surface area contributed by atoms with E-state index in [0.717, 1.165) is 0 Å². The van der Waals surface area contributed by atoms with Gasteiger partial charge in [-0.25, -0.2) is 0 Å². The predicted octanol–water partition coefficient (Wildman–Crippen LogP) is 4.52. The molecule has 1 radical (unpaired) electrons. The van der Waals surface area contributed by atoms with Gasteiger partial charge in [0.15, 0.2) is 0 Å². The molecule has 0 atom stereocenters. The van der Waals surface area contributed by atoms with Crippen LogP contribution in [0.1, 0.15) is 58.8 Å². The highest BCUT2D eigenvalue weighted by Gasteiger charge is 1.83. The van der Waals surface area contributed by atoms with E-state index < -0.39 is 0 Å². The van der Waals surface area contributed by atoms with Gasteiger partial charge in [-0.3, -0.25) is 0 Å².